The third-order valence-electron chi connectivity index (χ3n) is 7.75. The molecule has 1 aliphatic carbocycles. The zero-order valence-electron chi connectivity index (χ0n) is 21.7. The van der Waals surface area contributed by atoms with Gasteiger partial charge in [-0.25, -0.2) is 0 Å². The Morgan fingerprint density at radius 1 is 1.14 bits per heavy atom. The molecule has 5 rings (SSSR count). The maximum absolute atomic E-state index is 13.2. The van der Waals surface area contributed by atoms with Crippen molar-refractivity contribution < 1.29 is 19.0 Å². The number of ether oxygens (including phenoxy) is 3. The summed E-state index contributed by atoms with van der Waals surface area (Å²) >= 11 is 8.08. The van der Waals surface area contributed by atoms with Crippen molar-refractivity contribution >= 4 is 29.3 Å². The van der Waals surface area contributed by atoms with E-state index in [1.165, 1.54) is 11.8 Å². The zero-order valence-corrected chi connectivity index (χ0v) is 23.2. The molecule has 1 saturated heterocycles. The highest BCUT2D eigenvalue weighted by molar-refractivity contribution is 7.98. The van der Waals surface area contributed by atoms with Crippen molar-refractivity contribution in [1.82, 2.24) is 15.6 Å². The fraction of sp³-hybridized carbons (Fsp3) is 0.556. The number of fused-ring (bicyclic) bond motifs is 1. The standard InChI is InChI=1S/C27H34ClN3O5S/c1-14-9-22(37-4)20(26(33)30-14)11-29-25(32)19-10-21(28)24-23(15(19)2)35-27(3,36-24)16-5-7-17(8-6-16)31-18-12-34-13-18/h9-10,16-18,31H,5-8,11-13H2,1-4H3,(H,29,32)(H,30,33)/t16-,17-,27?. The summed E-state index contributed by atoms with van der Waals surface area (Å²) in [6.07, 6.45) is 5.96. The molecule has 1 unspecified atom stereocenters. The van der Waals surface area contributed by atoms with Crippen molar-refractivity contribution in [3.63, 3.8) is 0 Å². The number of hydrogen-bond acceptors (Lipinski definition) is 7. The van der Waals surface area contributed by atoms with Crippen LogP contribution in [0.15, 0.2) is 21.8 Å². The zero-order chi connectivity index (χ0) is 26.3. The van der Waals surface area contributed by atoms with Crippen molar-refractivity contribution in [3.05, 3.63) is 49.9 Å². The van der Waals surface area contributed by atoms with E-state index < -0.39 is 5.79 Å². The van der Waals surface area contributed by atoms with Crippen LogP contribution in [0, 0.1) is 19.8 Å². The molecule has 3 aliphatic rings. The summed E-state index contributed by atoms with van der Waals surface area (Å²) in [7, 11) is 0. The minimum Gasteiger partial charge on any atom is -0.448 e. The molecule has 2 aliphatic heterocycles. The summed E-state index contributed by atoms with van der Waals surface area (Å²) in [5, 5.41) is 6.90. The van der Waals surface area contributed by atoms with Gasteiger partial charge in [-0.1, -0.05) is 11.6 Å². The number of aromatic nitrogens is 1. The van der Waals surface area contributed by atoms with Crippen molar-refractivity contribution in [2.75, 3.05) is 19.5 Å². The van der Waals surface area contributed by atoms with Gasteiger partial charge in [-0.05, 0) is 57.9 Å². The molecule has 0 spiro atoms. The maximum Gasteiger partial charge on any atom is 0.254 e. The molecule has 2 fully saturated rings. The van der Waals surface area contributed by atoms with E-state index in [2.05, 4.69) is 15.6 Å². The van der Waals surface area contributed by atoms with Crippen LogP contribution < -0.4 is 25.7 Å². The number of H-pyrrole nitrogens is 1. The largest absolute Gasteiger partial charge is 0.448 e. The van der Waals surface area contributed by atoms with E-state index in [9.17, 15) is 9.59 Å². The van der Waals surface area contributed by atoms with Gasteiger partial charge >= 0.3 is 0 Å². The molecule has 1 saturated carbocycles. The van der Waals surface area contributed by atoms with Gasteiger partial charge in [-0.15, -0.1) is 11.8 Å². The van der Waals surface area contributed by atoms with Gasteiger partial charge in [0.2, 0.25) is 0 Å². The monoisotopic (exact) mass is 547 g/mol. The van der Waals surface area contributed by atoms with Crippen molar-refractivity contribution in [2.24, 2.45) is 5.92 Å². The second-order valence-corrected chi connectivity index (χ2v) is 11.6. The van der Waals surface area contributed by atoms with Crippen LogP contribution >= 0.6 is 23.4 Å². The first kappa shape index (κ1) is 26.4. The number of carbonyl (C=O) groups excluding carboxylic acids is 1. The van der Waals surface area contributed by atoms with Crippen molar-refractivity contribution in [1.29, 1.82) is 0 Å². The lowest BCUT2D eigenvalue weighted by Gasteiger charge is -2.39. The lowest BCUT2D eigenvalue weighted by Crippen LogP contribution is -2.53. The molecule has 1 amide bonds. The fourth-order valence-corrected chi connectivity index (χ4v) is 6.44. The Morgan fingerprint density at radius 3 is 2.49 bits per heavy atom. The number of nitrogens with one attached hydrogen (secondary N) is 3. The summed E-state index contributed by atoms with van der Waals surface area (Å²) in [4.78, 5) is 29.3. The molecule has 37 heavy (non-hydrogen) atoms. The normalized spacial score (nSPS) is 25.1. The number of amides is 1. The Kier molecular flexibility index (Phi) is 7.51. The van der Waals surface area contributed by atoms with Gasteiger partial charge in [0, 0.05) is 52.7 Å². The van der Waals surface area contributed by atoms with E-state index in [1.807, 2.05) is 33.1 Å². The number of halogens is 1. The van der Waals surface area contributed by atoms with Crippen molar-refractivity contribution in [2.45, 2.75) is 75.8 Å². The number of hydrogen-bond donors (Lipinski definition) is 3. The predicted molar refractivity (Wildman–Crippen MR) is 144 cm³/mol. The van der Waals surface area contributed by atoms with Crippen LogP contribution in [-0.4, -0.2) is 48.2 Å². The number of aromatic amines is 1. The average molecular weight is 548 g/mol. The summed E-state index contributed by atoms with van der Waals surface area (Å²) in [6.45, 7) is 7.35. The summed E-state index contributed by atoms with van der Waals surface area (Å²) in [5.74, 6) is 0.0630. The average Bonchev–Trinajstić information content (AvgIpc) is 3.22. The van der Waals surface area contributed by atoms with Gasteiger partial charge in [-0.3, -0.25) is 9.59 Å². The van der Waals surface area contributed by atoms with Gasteiger partial charge in [0.15, 0.2) is 11.5 Å². The molecule has 1 atom stereocenters. The Morgan fingerprint density at radius 2 is 1.84 bits per heavy atom. The topological polar surface area (TPSA) is 102 Å². The maximum atomic E-state index is 13.2. The number of rotatable bonds is 7. The van der Waals surface area contributed by atoms with Gasteiger partial charge in [0.25, 0.3) is 17.3 Å². The molecule has 3 heterocycles. The van der Waals surface area contributed by atoms with Crippen LogP contribution in [-0.2, 0) is 11.3 Å². The second-order valence-electron chi connectivity index (χ2n) is 10.4. The molecule has 2 aromatic rings. The molecular formula is C27H34ClN3O5S. The van der Waals surface area contributed by atoms with Crippen LogP contribution in [0.4, 0.5) is 0 Å². The number of carbonyl (C=O) groups is 1. The van der Waals surface area contributed by atoms with Gasteiger partial charge in [0.1, 0.15) is 0 Å². The van der Waals surface area contributed by atoms with E-state index in [1.54, 1.807) is 6.07 Å². The molecular weight excluding hydrogens is 514 g/mol. The van der Waals surface area contributed by atoms with E-state index in [0.717, 1.165) is 49.5 Å². The molecule has 0 bridgehead atoms. The third-order valence-corrected chi connectivity index (χ3v) is 8.83. The van der Waals surface area contributed by atoms with Crippen LogP contribution in [0.1, 0.15) is 59.8 Å². The molecule has 200 valence electrons. The predicted octanol–water partition coefficient (Wildman–Crippen LogP) is 4.33. The van der Waals surface area contributed by atoms with Gasteiger partial charge in [0.05, 0.1) is 24.3 Å². The summed E-state index contributed by atoms with van der Waals surface area (Å²) in [5.41, 5.74) is 2.18. The molecule has 10 heteroatoms. The SMILES string of the molecule is CSc1cc(C)[nH]c(=O)c1CNC(=O)c1cc(Cl)c2c(c1C)OC(C)([C@H]1CC[C@H](NC3COC3)CC1)O2. The van der Waals surface area contributed by atoms with Gasteiger partial charge in [-0.2, -0.15) is 0 Å². The summed E-state index contributed by atoms with van der Waals surface area (Å²) < 4.78 is 18.0. The third kappa shape index (κ3) is 5.24. The van der Waals surface area contributed by atoms with Crippen LogP contribution in [0.5, 0.6) is 11.5 Å². The molecule has 3 N–H and O–H groups in total. The number of benzene rings is 1. The molecule has 1 aromatic carbocycles. The van der Waals surface area contributed by atoms with E-state index in [4.69, 9.17) is 25.8 Å². The van der Waals surface area contributed by atoms with E-state index in [-0.39, 0.29) is 23.9 Å². The smallest absolute Gasteiger partial charge is 0.254 e. The Balaban J connectivity index is 1.28. The Bertz CT molecular complexity index is 1260. The Labute approximate surface area is 226 Å². The number of aryl methyl sites for hydroxylation is 1. The lowest BCUT2D eigenvalue weighted by atomic mass is 9.81. The van der Waals surface area contributed by atoms with Crippen LogP contribution in [0.2, 0.25) is 5.02 Å². The highest BCUT2D eigenvalue weighted by Crippen LogP contribution is 2.51. The van der Waals surface area contributed by atoms with Crippen LogP contribution in [0.25, 0.3) is 0 Å². The molecule has 8 nitrogen and oxygen atoms in total. The summed E-state index contributed by atoms with van der Waals surface area (Å²) in [6, 6.07) is 4.49. The van der Waals surface area contributed by atoms with E-state index in [0.29, 0.717) is 45.3 Å². The fourth-order valence-electron chi connectivity index (χ4n) is 5.50. The first-order valence-electron chi connectivity index (χ1n) is 12.8. The minimum atomic E-state index is -0.834. The van der Waals surface area contributed by atoms with E-state index >= 15 is 0 Å². The first-order chi connectivity index (χ1) is 17.7. The number of thioether (sulfide) groups is 1. The minimum absolute atomic E-state index is 0.109. The lowest BCUT2D eigenvalue weighted by molar-refractivity contribution is -0.122. The van der Waals surface area contributed by atoms with Crippen molar-refractivity contribution in [3.8, 4) is 11.5 Å². The first-order valence-corrected chi connectivity index (χ1v) is 14.4. The van der Waals surface area contributed by atoms with Gasteiger partial charge < -0.3 is 29.8 Å². The molecule has 1 aromatic heterocycles. The highest BCUT2D eigenvalue weighted by Gasteiger charge is 2.47. The quantitative estimate of drug-likeness (QED) is 0.443. The van der Waals surface area contributed by atoms with Crippen LogP contribution in [0.3, 0.4) is 0 Å². The number of pyridine rings is 1. The Hall–Kier alpha value is -2.20. The molecule has 0 radical (unpaired) electrons. The highest BCUT2D eigenvalue weighted by atomic mass is 35.5. The second kappa shape index (κ2) is 10.5.